The first-order valence-electron chi connectivity index (χ1n) is 6.68. The summed E-state index contributed by atoms with van der Waals surface area (Å²) < 4.78 is 0. The quantitative estimate of drug-likeness (QED) is 0.668. The van der Waals surface area contributed by atoms with Crippen LogP contribution in [0.4, 0.5) is 4.79 Å². The van der Waals surface area contributed by atoms with E-state index in [2.05, 4.69) is 10.6 Å². The SMILES string of the molecule is CCNC(=O)CN(CC)C(=O)N[C@H](C(=O)O)C(C)(C)C. The van der Waals surface area contributed by atoms with Crippen LogP contribution in [-0.2, 0) is 9.59 Å². The molecule has 0 aliphatic heterocycles. The minimum atomic E-state index is -1.10. The minimum Gasteiger partial charge on any atom is -0.480 e. The summed E-state index contributed by atoms with van der Waals surface area (Å²) >= 11 is 0. The van der Waals surface area contributed by atoms with Crippen LogP contribution in [0.1, 0.15) is 34.6 Å². The summed E-state index contributed by atoms with van der Waals surface area (Å²) in [6.07, 6.45) is 0. The lowest BCUT2D eigenvalue weighted by atomic mass is 9.87. The zero-order valence-corrected chi connectivity index (χ0v) is 12.8. The number of likely N-dealkylation sites (N-methyl/N-ethyl adjacent to an activating group) is 2. The van der Waals surface area contributed by atoms with Gasteiger partial charge in [-0.25, -0.2) is 9.59 Å². The average molecular weight is 287 g/mol. The number of rotatable bonds is 6. The molecule has 116 valence electrons. The molecule has 0 spiro atoms. The number of carbonyl (C=O) groups is 3. The Morgan fingerprint density at radius 1 is 1.20 bits per heavy atom. The summed E-state index contributed by atoms with van der Waals surface area (Å²) in [4.78, 5) is 36.0. The first kappa shape index (κ1) is 18.2. The van der Waals surface area contributed by atoms with E-state index in [-0.39, 0.29) is 12.5 Å². The fourth-order valence-electron chi connectivity index (χ4n) is 1.62. The van der Waals surface area contributed by atoms with E-state index in [1.807, 2.05) is 0 Å². The smallest absolute Gasteiger partial charge is 0.326 e. The number of hydrogen-bond acceptors (Lipinski definition) is 3. The largest absolute Gasteiger partial charge is 0.480 e. The number of carboxylic acid groups (broad SMARTS) is 1. The second-order valence-electron chi connectivity index (χ2n) is 5.55. The number of aliphatic carboxylic acids is 1. The molecule has 1 atom stereocenters. The molecular formula is C13H25N3O4. The van der Waals surface area contributed by atoms with Gasteiger partial charge in [0.2, 0.25) is 5.91 Å². The van der Waals surface area contributed by atoms with E-state index in [0.29, 0.717) is 13.1 Å². The Hall–Kier alpha value is -1.79. The topological polar surface area (TPSA) is 98.7 Å². The van der Waals surface area contributed by atoms with E-state index >= 15 is 0 Å². The van der Waals surface area contributed by atoms with E-state index in [1.54, 1.807) is 34.6 Å². The molecule has 0 rings (SSSR count). The summed E-state index contributed by atoms with van der Waals surface area (Å²) in [7, 11) is 0. The number of nitrogens with zero attached hydrogens (tertiary/aromatic N) is 1. The first-order chi connectivity index (χ1) is 9.13. The molecule has 3 N–H and O–H groups in total. The van der Waals surface area contributed by atoms with Gasteiger partial charge in [-0.2, -0.15) is 0 Å². The van der Waals surface area contributed by atoms with Crippen molar-refractivity contribution in [2.45, 2.75) is 40.7 Å². The van der Waals surface area contributed by atoms with Crippen LogP contribution in [0.5, 0.6) is 0 Å². The van der Waals surface area contributed by atoms with Crippen LogP contribution in [0, 0.1) is 5.41 Å². The second-order valence-corrected chi connectivity index (χ2v) is 5.55. The lowest BCUT2D eigenvalue weighted by Gasteiger charge is -2.30. The maximum absolute atomic E-state index is 12.0. The molecule has 0 heterocycles. The molecule has 7 heteroatoms. The molecule has 0 fully saturated rings. The average Bonchev–Trinajstić information content (AvgIpc) is 2.31. The second kappa shape index (κ2) is 7.72. The zero-order chi connectivity index (χ0) is 15.9. The highest BCUT2D eigenvalue weighted by molar-refractivity contribution is 5.87. The van der Waals surface area contributed by atoms with Crippen LogP contribution in [0.3, 0.4) is 0 Å². The van der Waals surface area contributed by atoms with Crippen molar-refractivity contribution >= 4 is 17.9 Å². The standard InChI is InChI=1S/C13H25N3O4/c1-6-14-9(17)8-16(7-2)12(20)15-10(11(18)19)13(3,4)5/h10H,6-8H2,1-5H3,(H,14,17)(H,15,20)(H,18,19)/t10-/m1/s1. The van der Waals surface area contributed by atoms with Crippen LogP contribution in [0.25, 0.3) is 0 Å². The monoisotopic (exact) mass is 287 g/mol. The fraction of sp³-hybridized carbons (Fsp3) is 0.769. The highest BCUT2D eigenvalue weighted by atomic mass is 16.4. The lowest BCUT2D eigenvalue weighted by Crippen LogP contribution is -2.54. The van der Waals surface area contributed by atoms with Crippen molar-refractivity contribution in [1.29, 1.82) is 0 Å². The Morgan fingerprint density at radius 3 is 2.10 bits per heavy atom. The van der Waals surface area contributed by atoms with Gasteiger partial charge in [0.05, 0.1) is 0 Å². The number of urea groups is 1. The molecule has 0 aliphatic carbocycles. The molecule has 0 aromatic rings. The third-order valence-corrected chi connectivity index (χ3v) is 2.76. The lowest BCUT2D eigenvalue weighted by molar-refractivity contribution is -0.142. The maximum atomic E-state index is 12.0. The summed E-state index contributed by atoms with van der Waals surface area (Å²) in [6, 6.07) is -1.57. The Labute approximate surface area is 119 Å². The van der Waals surface area contributed by atoms with Gasteiger partial charge in [-0.3, -0.25) is 4.79 Å². The van der Waals surface area contributed by atoms with Crippen LogP contribution in [0.2, 0.25) is 0 Å². The van der Waals surface area contributed by atoms with Crippen molar-refractivity contribution in [2.24, 2.45) is 5.41 Å². The first-order valence-corrected chi connectivity index (χ1v) is 6.68. The molecular weight excluding hydrogens is 262 g/mol. The van der Waals surface area contributed by atoms with E-state index in [1.165, 1.54) is 4.90 Å². The normalized spacial score (nSPS) is 12.4. The van der Waals surface area contributed by atoms with E-state index in [0.717, 1.165) is 0 Å². The van der Waals surface area contributed by atoms with E-state index in [4.69, 9.17) is 5.11 Å². The van der Waals surface area contributed by atoms with Crippen LogP contribution < -0.4 is 10.6 Å². The molecule has 0 radical (unpaired) electrons. The summed E-state index contributed by atoms with van der Waals surface area (Å²) in [5, 5.41) is 14.2. The number of hydrogen-bond donors (Lipinski definition) is 3. The molecule has 7 nitrogen and oxygen atoms in total. The number of nitrogens with one attached hydrogen (secondary N) is 2. The highest BCUT2D eigenvalue weighted by Crippen LogP contribution is 2.19. The Bertz CT molecular complexity index is 363. The van der Waals surface area contributed by atoms with Crippen molar-refractivity contribution < 1.29 is 19.5 Å². The molecule has 0 bridgehead atoms. The predicted molar refractivity (Wildman–Crippen MR) is 75.3 cm³/mol. The van der Waals surface area contributed by atoms with Gasteiger partial charge >= 0.3 is 12.0 Å². The molecule has 20 heavy (non-hydrogen) atoms. The van der Waals surface area contributed by atoms with Gasteiger partial charge in [-0.1, -0.05) is 20.8 Å². The highest BCUT2D eigenvalue weighted by Gasteiger charge is 2.33. The third-order valence-electron chi connectivity index (χ3n) is 2.76. The van der Waals surface area contributed by atoms with Crippen molar-refractivity contribution in [3.63, 3.8) is 0 Å². The Morgan fingerprint density at radius 2 is 1.75 bits per heavy atom. The van der Waals surface area contributed by atoms with Gasteiger partial charge in [-0.15, -0.1) is 0 Å². The molecule has 3 amide bonds. The zero-order valence-electron chi connectivity index (χ0n) is 12.8. The summed E-state index contributed by atoms with van der Waals surface area (Å²) in [6.45, 7) is 9.41. The summed E-state index contributed by atoms with van der Waals surface area (Å²) in [5.41, 5.74) is -0.618. The predicted octanol–water partition coefficient (Wildman–Crippen LogP) is 0.653. The Kier molecular flexibility index (Phi) is 7.02. The Balaban J connectivity index is 4.76. The number of amides is 3. The van der Waals surface area contributed by atoms with Gasteiger partial charge in [0.15, 0.2) is 0 Å². The molecule has 0 unspecified atom stereocenters. The molecule has 0 aromatic carbocycles. The van der Waals surface area contributed by atoms with Gasteiger partial charge in [0.25, 0.3) is 0 Å². The van der Waals surface area contributed by atoms with E-state index < -0.39 is 23.5 Å². The molecule has 0 aromatic heterocycles. The third kappa shape index (κ3) is 5.90. The van der Waals surface area contributed by atoms with Gasteiger partial charge in [-0.05, 0) is 19.3 Å². The van der Waals surface area contributed by atoms with Crippen LogP contribution in [0.15, 0.2) is 0 Å². The number of carbonyl (C=O) groups excluding carboxylic acids is 2. The fourth-order valence-corrected chi connectivity index (χ4v) is 1.62. The van der Waals surface area contributed by atoms with E-state index in [9.17, 15) is 14.4 Å². The molecule has 0 saturated carbocycles. The van der Waals surface area contributed by atoms with Crippen molar-refractivity contribution in [2.75, 3.05) is 19.6 Å². The van der Waals surface area contributed by atoms with Gasteiger partial charge < -0.3 is 20.6 Å². The van der Waals surface area contributed by atoms with Gasteiger partial charge in [0, 0.05) is 13.1 Å². The number of carboxylic acids is 1. The van der Waals surface area contributed by atoms with Crippen molar-refractivity contribution in [1.82, 2.24) is 15.5 Å². The molecule has 0 saturated heterocycles. The van der Waals surface area contributed by atoms with Gasteiger partial charge in [0.1, 0.15) is 12.6 Å². The van der Waals surface area contributed by atoms with Crippen LogP contribution >= 0.6 is 0 Å². The maximum Gasteiger partial charge on any atom is 0.326 e. The molecule has 0 aliphatic rings. The minimum absolute atomic E-state index is 0.0906. The summed E-state index contributed by atoms with van der Waals surface area (Å²) in [5.74, 6) is -1.37. The van der Waals surface area contributed by atoms with Crippen molar-refractivity contribution in [3.8, 4) is 0 Å². The van der Waals surface area contributed by atoms with Crippen LogP contribution in [-0.4, -0.2) is 53.6 Å². The van der Waals surface area contributed by atoms with Crippen molar-refractivity contribution in [3.05, 3.63) is 0 Å².